The highest BCUT2D eigenvalue weighted by Gasteiger charge is 2.33. The Bertz CT molecular complexity index is 494. The molecule has 2 N–H and O–H groups in total. The van der Waals surface area contributed by atoms with Crippen molar-refractivity contribution in [2.45, 2.75) is 12.2 Å². The first-order chi connectivity index (χ1) is 9.15. The van der Waals surface area contributed by atoms with Crippen LogP contribution >= 0.6 is 0 Å². The van der Waals surface area contributed by atoms with Crippen LogP contribution < -0.4 is 9.47 Å². The van der Waals surface area contributed by atoms with Gasteiger partial charge >= 0.3 is 0 Å². The lowest BCUT2D eigenvalue weighted by molar-refractivity contribution is 0.0572. The molecule has 3 rings (SSSR count). The van der Waals surface area contributed by atoms with E-state index < -0.39 is 12.2 Å². The molecule has 0 aromatic heterocycles. The molecule has 1 aromatic rings. The molecule has 2 aliphatic rings. The zero-order valence-electron chi connectivity index (χ0n) is 10.3. The summed E-state index contributed by atoms with van der Waals surface area (Å²) in [5.74, 6) is 0.953. The molecule has 0 saturated carbocycles. The number of hydrogen-bond donors (Lipinski definition) is 2. The van der Waals surface area contributed by atoms with Crippen LogP contribution in [-0.4, -0.2) is 59.5 Å². The highest BCUT2D eigenvalue weighted by atomic mass is 16.6. The van der Waals surface area contributed by atoms with Gasteiger partial charge in [0.1, 0.15) is 13.2 Å². The van der Waals surface area contributed by atoms with Crippen molar-refractivity contribution in [3.63, 3.8) is 0 Å². The van der Waals surface area contributed by atoms with E-state index >= 15 is 0 Å². The Morgan fingerprint density at radius 2 is 1.74 bits per heavy atom. The van der Waals surface area contributed by atoms with Crippen LogP contribution in [0.3, 0.4) is 0 Å². The fourth-order valence-electron chi connectivity index (χ4n) is 2.29. The number of rotatable bonds is 1. The minimum atomic E-state index is -0.874. The Labute approximate surface area is 110 Å². The van der Waals surface area contributed by atoms with E-state index in [4.69, 9.17) is 9.47 Å². The van der Waals surface area contributed by atoms with E-state index in [0.29, 0.717) is 30.3 Å². The first kappa shape index (κ1) is 12.3. The lowest BCUT2D eigenvalue weighted by atomic mass is 10.1. The fraction of sp³-hybridized carbons (Fsp3) is 0.462. The van der Waals surface area contributed by atoms with Crippen LogP contribution in [-0.2, 0) is 0 Å². The van der Waals surface area contributed by atoms with E-state index in [1.807, 2.05) is 0 Å². The molecule has 1 fully saturated rings. The Morgan fingerprint density at radius 3 is 2.42 bits per heavy atom. The second-order valence-corrected chi connectivity index (χ2v) is 4.70. The summed E-state index contributed by atoms with van der Waals surface area (Å²) in [7, 11) is 0. The smallest absolute Gasteiger partial charge is 0.254 e. The minimum absolute atomic E-state index is 0.147. The molecule has 6 nitrogen and oxygen atoms in total. The van der Waals surface area contributed by atoms with E-state index in [0.717, 1.165) is 0 Å². The molecule has 1 saturated heterocycles. The van der Waals surface area contributed by atoms with Gasteiger partial charge in [-0.3, -0.25) is 4.79 Å². The molecular formula is C13H15NO5. The third-order valence-electron chi connectivity index (χ3n) is 3.34. The zero-order valence-corrected chi connectivity index (χ0v) is 10.3. The number of aliphatic hydroxyl groups excluding tert-OH is 2. The van der Waals surface area contributed by atoms with Gasteiger partial charge in [0.25, 0.3) is 5.91 Å². The molecule has 2 atom stereocenters. The number of ether oxygens (including phenoxy) is 2. The quantitative estimate of drug-likeness (QED) is 0.724. The second-order valence-electron chi connectivity index (χ2n) is 4.70. The summed E-state index contributed by atoms with van der Waals surface area (Å²) in [6.45, 7) is 1.26. The lowest BCUT2D eigenvalue weighted by Gasteiger charge is -2.20. The summed E-state index contributed by atoms with van der Waals surface area (Å²) in [4.78, 5) is 13.7. The highest BCUT2D eigenvalue weighted by molar-refractivity contribution is 5.95. The largest absolute Gasteiger partial charge is 0.486 e. The third kappa shape index (κ3) is 2.24. The summed E-state index contributed by atoms with van der Waals surface area (Å²) in [6.07, 6.45) is -1.75. The van der Waals surface area contributed by atoms with Crippen LogP contribution in [0.4, 0.5) is 0 Å². The molecule has 0 radical (unpaired) electrons. The third-order valence-corrected chi connectivity index (χ3v) is 3.34. The molecule has 2 heterocycles. The van der Waals surface area contributed by atoms with Crippen molar-refractivity contribution in [1.82, 2.24) is 4.90 Å². The van der Waals surface area contributed by atoms with Gasteiger partial charge in [-0.05, 0) is 18.2 Å². The lowest BCUT2D eigenvalue weighted by Crippen LogP contribution is -2.30. The van der Waals surface area contributed by atoms with Crippen molar-refractivity contribution < 1.29 is 24.5 Å². The average Bonchev–Trinajstić information content (AvgIpc) is 2.77. The van der Waals surface area contributed by atoms with Gasteiger partial charge in [0.15, 0.2) is 11.5 Å². The van der Waals surface area contributed by atoms with Gasteiger partial charge in [0.05, 0.1) is 12.2 Å². The van der Waals surface area contributed by atoms with Crippen LogP contribution in [0.15, 0.2) is 18.2 Å². The number of likely N-dealkylation sites (tertiary alicyclic amines) is 1. The van der Waals surface area contributed by atoms with Crippen molar-refractivity contribution >= 4 is 5.91 Å². The summed E-state index contributed by atoms with van der Waals surface area (Å²) in [5.41, 5.74) is 0.463. The van der Waals surface area contributed by atoms with Gasteiger partial charge in [0.2, 0.25) is 0 Å². The number of benzene rings is 1. The Hall–Kier alpha value is -1.79. The average molecular weight is 265 g/mol. The molecule has 0 spiro atoms. The number of β-amino-alcohol motifs (C(OH)–C–C–N with tert-alkyl or cyclic N) is 2. The van der Waals surface area contributed by atoms with E-state index in [2.05, 4.69) is 0 Å². The van der Waals surface area contributed by atoms with Crippen molar-refractivity contribution in [3.05, 3.63) is 23.8 Å². The number of nitrogens with zero attached hydrogens (tertiary/aromatic N) is 1. The fourth-order valence-corrected chi connectivity index (χ4v) is 2.29. The van der Waals surface area contributed by atoms with Gasteiger partial charge in [-0.2, -0.15) is 0 Å². The monoisotopic (exact) mass is 265 g/mol. The number of carbonyl (C=O) groups is 1. The maximum atomic E-state index is 12.2. The Balaban J connectivity index is 1.80. The van der Waals surface area contributed by atoms with Crippen LogP contribution in [0.1, 0.15) is 10.4 Å². The molecular weight excluding hydrogens is 250 g/mol. The zero-order chi connectivity index (χ0) is 13.4. The van der Waals surface area contributed by atoms with Crippen molar-refractivity contribution in [3.8, 4) is 11.5 Å². The van der Waals surface area contributed by atoms with Gasteiger partial charge < -0.3 is 24.6 Å². The van der Waals surface area contributed by atoms with Crippen LogP contribution in [0, 0.1) is 0 Å². The van der Waals surface area contributed by atoms with Gasteiger partial charge in [0, 0.05) is 18.7 Å². The van der Waals surface area contributed by atoms with Gasteiger partial charge in [-0.25, -0.2) is 0 Å². The summed E-state index contributed by atoms with van der Waals surface area (Å²) >= 11 is 0. The second kappa shape index (κ2) is 4.71. The predicted octanol–water partition coefficient (Wildman–Crippen LogP) is -0.365. The minimum Gasteiger partial charge on any atom is -0.486 e. The summed E-state index contributed by atoms with van der Waals surface area (Å²) in [6, 6.07) is 4.99. The molecule has 1 amide bonds. The van der Waals surface area contributed by atoms with E-state index in [1.54, 1.807) is 18.2 Å². The van der Waals surface area contributed by atoms with Gasteiger partial charge in [-0.15, -0.1) is 0 Å². The molecule has 0 unspecified atom stereocenters. The predicted molar refractivity (Wildman–Crippen MR) is 65.3 cm³/mol. The van der Waals surface area contributed by atoms with Gasteiger partial charge in [-0.1, -0.05) is 0 Å². The Kier molecular flexibility index (Phi) is 3.04. The van der Waals surface area contributed by atoms with Crippen molar-refractivity contribution in [2.24, 2.45) is 0 Å². The molecule has 0 aliphatic carbocycles. The number of hydrogen-bond acceptors (Lipinski definition) is 5. The van der Waals surface area contributed by atoms with Crippen molar-refractivity contribution in [1.29, 1.82) is 0 Å². The number of aliphatic hydroxyl groups is 2. The molecule has 102 valence electrons. The topological polar surface area (TPSA) is 79.2 Å². The molecule has 2 aliphatic heterocycles. The summed E-state index contributed by atoms with van der Waals surface area (Å²) < 4.78 is 10.8. The van der Waals surface area contributed by atoms with Crippen LogP contribution in [0.2, 0.25) is 0 Å². The maximum Gasteiger partial charge on any atom is 0.254 e. The van der Waals surface area contributed by atoms with E-state index in [9.17, 15) is 15.0 Å². The molecule has 6 heteroatoms. The number of amides is 1. The molecule has 0 bridgehead atoms. The number of fused-ring (bicyclic) bond motifs is 1. The first-order valence-corrected chi connectivity index (χ1v) is 6.20. The van der Waals surface area contributed by atoms with Crippen molar-refractivity contribution in [2.75, 3.05) is 26.3 Å². The molecule has 19 heavy (non-hydrogen) atoms. The van der Waals surface area contributed by atoms with E-state index in [-0.39, 0.29) is 19.0 Å². The highest BCUT2D eigenvalue weighted by Crippen LogP contribution is 2.31. The maximum absolute atomic E-state index is 12.2. The molecule has 1 aromatic carbocycles. The number of carbonyl (C=O) groups excluding carboxylic acids is 1. The standard InChI is InChI=1S/C13H15NO5/c15-9-6-14(7-10(9)16)13(17)8-1-2-11-12(5-8)19-4-3-18-11/h1-2,5,9-10,15-16H,3-4,6-7H2/t9-,10+. The first-order valence-electron chi connectivity index (χ1n) is 6.20. The normalized spacial score (nSPS) is 25.5. The van der Waals surface area contributed by atoms with Crippen LogP contribution in [0.25, 0.3) is 0 Å². The van der Waals surface area contributed by atoms with E-state index in [1.165, 1.54) is 4.90 Å². The summed E-state index contributed by atoms with van der Waals surface area (Å²) in [5, 5.41) is 18.9. The van der Waals surface area contributed by atoms with Crippen LogP contribution in [0.5, 0.6) is 11.5 Å². The SMILES string of the molecule is O=C(c1ccc2c(c1)OCCO2)N1C[C@@H](O)[C@@H](O)C1. The Morgan fingerprint density at radius 1 is 1.11 bits per heavy atom.